The van der Waals surface area contributed by atoms with E-state index in [-0.39, 0.29) is 37.5 Å². The summed E-state index contributed by atoms with van der Waals surface area (Å²) in [5, 5.41) is 17.7. The number of fused-ring (bicyclic) bond motifs is 3. The molecular formula is C35H49N7O7. The van der Waals surface area contributed by atoms with Crippen molar-refractivity contribution in [3.8, 4) is 5.75 Å². The number of benzene rings is 1. The molecule has 2 saturated heterocycles. The van der Waals surface area contributed by atoms with Gasteiger partial charge in [0, 0.05) is 59.4 Å². The smallest absolute Gasteiger partial charge is 0.410 e. The van der Waals surface area contributed by atoms with Gasteiger partial charge in [0.2, 0.25) is 11.9 Å². The lowest BCUT2D eigenvalue weighted by molar-refractivity contribution is -0.132. The van der Waals surface area contributed by atoms with Crippen LogP contribution >= 0.6 is 0 Å². The van der Waals surface area contributed by atoms with E-state index in [9.17, 15) is 19.5 Å². The molecule has 1 aliphatic carbocycles. The minimum Gasteiger partial charge on any atom is -0.468 e. The SMILES string of the molecule is COCOc1ccc2c(c1)CN(C(=O)OC(C)(C)C)[C@H]([C@H](O)CNC(=O)c1cc(NC3CN(C(C)=O)C3)nc(N3CC4CCC(C4)C3)n1)C2. The Kier molecular flexibility index (Phi) is 10.2. The number of hydrogen-bond acceptors (Lipinski definition) is 11. The minimum atomic E-state index is -1.10. The van der Waals surface area contributed by atoms with Crippen LogP contribution in [-0.4, -0.2) is 113 Å². The molecule has 0 radical (unpaired) electrons. The predicted molar refractivity (Wildman–Crippen MR) is 181 cm³/mol. The summed E-state index contributed by atoms with van der Waals surface area (Å²) < 4.78 is 16.3. The second-order valence-electron chi connectivity index (χ2n) is 14.8. The van der Waals surface area contributed by atoms with Gasteiger partial charge < -0.3 is 39.8 Å². The number of amides is 3. The summed E-state index contributed by atoms with van der Waals surface area (Å²) in [6.45, 7) is 9.96. The molecule has 1 saturated carbocycles. The van der Waals surface area contributed by atoms with Crippen molar-refractivity contribution < 1.29 is 33.7 Å². The zero-order valence-corrected chi connectivity index (χ0v) is 29.1. The van der Waals surface area contributed by atoms with E-state index in [1.54, 1.807) is 45.8 Å². The molecule has 3 N–H and O–H groups in total. The van der Waals surface area contributed by atoms with Crippen LogP contribution in [0.15, 0.2) is 24.3 Å². The second kappa shape index (κ2) is 14.4. The molecule has 2 unspecified atom stereocenters. The minimum absolute atomic E-state index is 0.0244. The number of carbonyl (C=O) groups excluding carboxylic acids is 3. The Balaban J connectivity index is 1.18. The topological polar surface area (TPSA) is 159 Å². The highest BCUT2D eigenvalue weighted by Crippen LogP contribution is 2.37. The number of methoxy groups -OCH3 is 1. The van der Waals surface area contributed by atoms with Crippen molar-refractivity contribution in [2.45, 2.75) is 83.7 Å². The van der Waals surface area contributed by atoms with Gasteiger partial charge in [0.15, 0.2) is 6.79 Å². The van der Waals surface area contributed by atoms with Gasteiger partial charge in [0.25, 0.3) is 5.91 Å². The molecule has 49 heavy (non-hydrogen) atoms. The van der Waals surface area contributed by atoms with Gasteiger partial charge in [-0.05, 0) is 81.5 Å². The number of nitrogens with one attached hydrogen (secondary N) is 2. The van der Waals surface area contributed by atoms with Crippen molar-refractivity contribution in [3.63, 3.8) is 0 Å². The summed E-state index contributed by atoms with van der Waals surface area (Å²) in [7, 11) is 1.55. The van der Waals surface area contributed by atoms with Crippen LogP contribution in [0.2, 0.25) is 0 Å². The first-order valence-corrected chi connectivity index (χ1v) is 17.2. The average Bonchev–Trinajstić information content (AvgIpc) is 3.38. The van der Waals surface area contributed by atoms with Crippen molar-refractivity contribution >= 4 is 29.7 Å². The van der Waals surface area contributed by atoms with E-state index in [1.165, 1.54) is 24.2 Å². The van der Waals surface area contributed by atoms with E-state index < -0.39 is 29.7 Å². The van der Waals surface area contributed by atoms with Gasteiger partial charge >= 0.3 is 6.09 Å². The molecule has 4 aliphatic rings. The fourth-order valence-electron chi connectivity index (χ4n) is 7.26. The summed E-state index contributed by atoms with van der Waals surface area (Å²) in [5.41, 5.74) is 1.29. The van der Waals surface area contributed by atoms with E-state index in [1.807, 2.05) is 18.2 Å². The van der Waals surface area contributed by atoms with Crippen LogP contribution < -0.4 is 20.3 Å². The molecule has 0 spiro atoms. The van der Waals surface area contributed by atoms with Crippen LogP contribution in [-0.2, 0) is 27.2 Å². The highest BCUT2D eigenvalue weighted by molar-refractivity contribution is 5.93. The maximum atomic E-state index is 13.7. The summed E-state index contributed by atoms with van der Waals surface area (Å²) in [6, 6.07) is 6.61. The highest BCUT2D eigenvalue weighted by Gasteiger charge is 2.38. The Hall–Kier alpha value is -4.17. The summed E-state index contributed by atoms with van der Waals surface area (Å²) in [6.07, 6.45) is 2.32. The van der Waals surface area contributed by atoms with Crippen molar-refractivity contribution in [3.05, 3.63) is 41.1 Å². The zero-order valence-electron chi connectivity index (χ0n) is 29.1. The molecule has 3 fully saturated rings. The number of likely N-dealkylation sites (tertiary alicyclic amines) is 1. The number of aliphatic hydroxyl groups is 1. The normalized spacial score (nSPS) is 22.6. The molecule has 14 nitrogen and oxygen atoms in total. The molecule has 1 aromatic heterocycles. The molecule has 14 heteroatoms. The summed E-state index contributed by atoms with van der Waals surface area (Å²) in [5.74, 6) is 2.40. The molecule has 266 valence electrons. The molecule has 4 atom stereocenters. The Morgan fingerprint density at radius 2 is 1.78 bits per heavy atom. The number of ether oxygens (including phenoxy) is 3. The average molecular weight is 680 g/mol. The first-order chi connectivity index (χ1) is 23.3. The van der Waals surface area contributed by atoms with Crippen LogP contribution in [0.5, 0.6) is 5.75 Å². The number of aliphatic hydroxyl groups excluding tert-OH is 1. The first-order valence-electron chi connectivity index (χ1n) is 17.2. The number of nitrogens with zero attached hydrogens (tertiary/aromatic N) is 5. The van der Waals surface area contributed by atoms with E-state index in [0.717, 1.165) is 24.2 Å². The molecule has 3 amide bonds. The van der Waals surface area contributed by atoms with E-state index in [4.69, 9.17) is 24.2 Å². The Morgan fingerprint density at radius 1 is 1.04 bits per heavy atom. The number of piperidine rings is 1. The monoisotopic (exact) mass is 679 g/mol. The maximum absolute atomic E-state index is 13.7. The van der Waals surface area contributed by atoms with Crippen molar-refractivity contribution in [2.24, 2.45) is 11.8 Å². The fourth-order valence-corrected chi connectivity index (χ4v) is 7.26. The number of carbonyl (C=O) groups is 3. The Morgan fingerprint density at radius 3 is 2.45 bits per heavy atom. The van der Waals surface area contributed by atoms with Crippen molar-refractivity contribution in [2.75, 3.05) is 56.8 Å². The standard InChI is InChI=1S/C35H49N7O7/c1-21(43)40-18-26(19-40)37-31-13-28(38-33(39-31)41-15-22-6-7-23(10-22)16-41)32(45)36-14-30(44)29-12-24-8-9-27(48-20-47-5)11-25(24)17-42(29)34(46)49-35(2,3)4/h8-9,11,13,22-23,26,29-30,44H,6-7,10,12,14-20H2,1-5H3,(H,36,45)(H,37,38,39)/t22?,23?,29-,30+/m0/s1. The third-order valence-corrected chi connectivity index (χ3v) is 9.75. The lowest BCUT2D eigenvalue weighted by Crippen LogP contribution is -2.56. The number of anilines is 2. The van der Waals surface area contributed by atoms with E-state index in [2.05, 4.69) is 15.5 Å². The second-order valence-corrected chi connectivity index (χ2v) is 14.8. The fraction of sp³-hybridized carbons (Fsp3) is 0.629. The Bertz CT molecular complexity index is 1530. The zero-order chi connectivity index (χ0) is 34.9. The quantitative estimate of drug-likeness (QED) is 0.317. The molecule has 1 aromatic carbocycles. The van der Waals surface area contributed by atoms with Crippen LogP contribution in [0.25, 0.3) is 0 Å². The Labute approximate surface area is 287 Å². The van der Waals surface area contributed by atoms with Crippen molar-refractivity contribution in [1.82, 2.24) is 25.1 Å². The third-order valence-electron chi connectivity index (χ3n) is 9.75. The molecule has 6 rings (SSSR count). The summed E-state index contributed by atoms with van der Waals surface area (Å²) in [4.78, 5) is 53.7. The van der Waals surface area contributed by atoms with Gasteiger partial charge in [-0.25, -0.2) is 9.78 Å². The predicted octanol–water partition coefficient (Wildman–Crippen LogP) is 2.79. The van der Waals surface area contributed by atoms with Crippen LogP contribution in [0.1, 0.15) is 68.6 Å². The lowest BCUT2D eigenvalue weighted by atomic mass is 9.91. The molecule has 4 heterocycles. The molecular weight excluding hydrogens is 630 g/mol. The van der Waals surface area contributed by atoms with Crippen LogP contribution in [0, 0.1) is 11.8 Å². The van der Waals surface area contributed by atoms with Gasteiger partial charge in [-0.2, -0.15) is 4.98 Å². The third kappa shape index (κ3) is 8.35. The largest absolute Gasteiger partial charge is 0.468 e. The number of hydrogen-bond donors (Lipinski definition) is 3. The van der Waals surface area contributed by atoms with Gasteiger partial charge in [0.1, 0.15) is 22.9 Å². The van der Waals surface area contributed by atoms with Crippen molar-refractivity contribution in [1.29, 1.82) is 0 Å². The van der Waals surface area contributed by atoms with E-state index in [0.29, 0.717) is 48.9 Å². The van der Waals surface area contributed by atoms with Gasteiger partial charge in [-0.15, -0.1) is 0 Å². The van der Waals surface area contributed by atoms with Gasteiger partial charge in [0.05, 0.1) is 18.2 Å². The van der Waals surface area contributed by atoms with E-state index >= 15 is 0 Å². The van der Waals surface area contributed by atoms with Crippen LogP contribution in [0.4, 0.5) is 16.6 Å². The molecule has 2 aromatic rings. The molecule has 3 aliphatic heterocycles. The van der Waals surface area contributed by atoms with Crippen LogP contribution in [0.3, 0.4) is 0 Å². The number of rotatable bonds is 10. The van der Waals surface area contributed by atoms with Gasteiger partial charge in [-0.1, -0.05) is 6.07 Å². The first kappa shape index (κ1) is 34.7. The summed E-state index contributed by atoms with van der Waals surface area (Å²) >= 11 is 0. The lowest BCUT2D eigenvalue weighted by Gasteiger charge is -2.40. The number of aromatic nitrogens is 2. The molecule has 2 bridgehead atoms. The van der Waals surface area contributed by atoms with Gasteiger partial charge in [-0.3, -0.25) is 14.5 Å². The highest BCUT2D eigenvalue weighted by atomic mass is 16.7. The maximum Gasteiger partial charge on any atom is 0.410 e.